The first-order valence-corrected chi connectivity index (χ1v) is 7.35. The Bertz CT molecular complexity index is 484. The van der Waals surface area contributed by atoms with Crippen LogP contribution in [0.4, 0.5) is 0 Å². The highest BCUT2D eigenvalue weighted by Gasteiger charge is 2.16. The topological polar surface area (TPSA) is 83.8 Å². The standard InChI is InChI=1S/C11H17BO5S/c1-9(2)18(15,16)7-6-17-11-5-3-4-10(8-11)12(13)14/h3-5,8-9,13-14H,6-7H2,1-2H3. The summed E-state index contributed by atoms with van der Waals surface area (Å²) in [6.07, 6.45) is 0. The fraction of sp³-hybridized carbons (Fsp3) is 0.455. The van der Waals surface area contributed by atoms with Gasteiger partial charge in [-0.05, 0) is 31.4 Å². The highest BCUT2D eigenvalue weighted by Crippen LogP contribution is 2.08. The molecule has 0 atom stereocenters. The summed E-state index contributed by atoms with van der Waals surface area (Å²) in [4.78, 5) is 0. The summed E-state index contributed by atoms with van der Waals surface area (Å²) in [7, 11) is -4.68. The minimum Gasteiger partial charge on any atom is -0.493 e. The lowest BCUT2D eigenvalue weighted by Gasteiger charge is -2.10. The average molecular weight is 272 g/mol. The fourth-order valence-corrected chi connectivity index (χ4v) is 2.06. The highest BCUT2D eigenvalue weighted by atomic mass is 32.2. The van der Waals surface area contributed by atoms with Crippen LogP contribution in [0.3, 0.4) is 0 Å². The lowest BCUT2D eigenvalue weighted by atomic mass is 9.80. The van der Waals surface area contributed by atoms with Crippen LogP contribution in [-0.4, -0.2) is 43.2 Å². The van der Waals surface area contributed by atoms with Crippen LogP contribution in [0.15, 0.2) is 24.3 Å². The van der Waals surface area contributed by atoms with E-state index in [1.165, 1.54) is 6.07 Å². The molecule has 100 valence electrons. The van der Waals surface area contributed by atoms with Crippen molar-refractivity contribution in [3.8, 4) is 5.75 Å². The maximum absolute atomic E-state index is 11.5. The van der Waals surface area contributed by atoms with Crippen LogP contribution in [0.2, 0.25) is 0 Å². The van der Waals surface area contributed by atoms with Gasteiger partial charge in [-0.15, -0.1) is 0 Å². The van der Waals surface area contributed by atoms with Crippen molar-refractivity contribution in [2.75, 3.05) is 12.4 Å². The Hall–Kier alpha value is -1.05. The summed E-state index contributed by atoms with van der Waals surface area (Å²) in [6, 6.07) is 6.25. The first-order chi connectivity index (χ1) is 8.33. The van der Waals surface area contributed by atoms with Crippen LogP contribution >= 0.6 is 0 Å². The van der Waals surface area contributed by atoms with E-state index in [0.29, 0.717) is 11.2 Å². The predicted molar refractivity (Wildman–Crippen MR) is 70.7 cm³/mol. The lowest BCUT2D eigenvalue weighted by Crippen LogP contribution is -2.29. The first-order valence-electron chi connectivity index (χ1n) is 5.63. The van der Waals surface area contributed by atoms with Crippen LogP contribution in [-0.2, 0) is 9.84 Å². The molecular formula is C11H17BO5S. The Balaban J connectivity index is 2.57. The van der Waals surface area contributed by atoms with Gasteiger partial charge in [0.1, 0.15) is 12.4 Å². The number of ether oxygens (including phenoxy) is 1. The minimum atomic E-state index is -3.12. The molecule has 0 fully saturated rings. The van der Waals surface area contributed by atoms with E-state index < -0.39 is 22.2 Å². The second-order valence-electron chi connectivity index (χ2n) is 4.21. The second kappa shape index (κ2) is 6.22. The molecular weight excluding hydrogens is 255 g/mol. The van der Waals surface area contributed by atoms with E-state index in [1.807, 2.05) is 0 Å². The minimum absolute atomic E-state index is 0.0471. The monoisotopic (exact) mass is 272 g/mol. The van der Waals surface area contributed by atoms with E-state index >= 15 is 0 Å². The Labute approximate surface area is 107 Å². The van der Waals surface area contributed by atoms with Gasteiger partial charge in [0.15, 0.2) is 9.84 Å². The number of hydrogen-bond acceptors (Lipinski definition) is 5. The molecule has 7 heteroatoms. The molecule has 0 aromatic heterocycles. The molecule has 0 amide bonds. The Morgan fingerprint density at radius 1 is 1.33 bits per heavy atom. The Morgan fingerprint density at radius 3 is 2.56 bits per heavy atom. The molecule has 0 bridgehead atoms. The van der Waals surface area contributed by atoms with Gasteiger partial charge >= 0.3 is 7.12 Å². The third-order valence-electron chi connectivity index (χ3n) is 2.51. The summed E-state index contributed by atoms with van der Waals surface area (Å²) in [6.45, 7) is 3.29. The number of sulfone groups is 1. The van der Waals surface area contributed by atoms with E-state index in [1.54, 1.807) is 32.0 Å². The van der Waals surface area contributed by atoms with Crippen molar-refractivity contribution in [2.24, 2.45) is 0 Å². The fourth-order valence-electron chi connectivity index (χ4n) is 1.28. The molecule has 1 aromatic rings. The zero-order valence-corrected chi connectivity index (χ0v) is 11.2. The van der Waals surface area contributed by atoms with Gasteiger partial charge in [-0.2, -0.15) is 0 Å². The van der Waals surface area contributed by atoms with Gasteiger partial charge < -0.3 is 14.8 Å². The van der Waals surface area contributed by atoms with Gasteiger partial charge in [-0.25, -0.2) is 8.42 Å². The Morgan fingerprint density at radius 2 is 2.00 bits per heavy atom. The molecule has 0 heterocycles. The van der Waals surface area contributed by atoms with Gasteiger partial charge in [0, 0.05) is 0 Å². The largest absolute Gasteiger partial charge is 0.493 e. The molecule has 0 radical (unpaired) electrons. The number of rotatable bonds is 6. The zero-order chi connectivity index (χ0) is 13.8. The summed E-state index contributed by atoms with van der Waals surface area (Å²) < 4.78 is 28.4. The van der Waals surface area contributed by atoms with Gasteiger partial charge in [0.25, 0.3) is 0 Å². The second-order valence-corrected chi connectivity index (χ2v) is 6.89. The molecule has 0 saturated heterocycles. The van der Waals surface area contributed by atoms with Gasteiger partial charge in [0.2, 0.25) is 0 Å². The Kier molecular flexibility index (Phi) is 5.19. The third-order valence-corrected chi connectivity index (χ3v) is 4.68. The molecule has 0 aliphatic heterocycles. The SMILES string of the molecule is CC(C)S(=O)(=O)CCOc1cccc(B(O)O)c1. The van der Waals surface area contributed by atoms with Crippen molar-refractivity contribution in [1.82, 2.24) is 0 Å². The average Bonchev–Trinajstić information content (AvgIpc) is 2.29. The highest BCUT2D eigenvalue weighted by molar-refractivity contribution is 7.91. The molecule has 2 N–H and O–H groups in total. The number of benzene rings is 1. The van der Waals surface area contributed by atoms with E-state index in [9.17, 15) is 8.42 Å². The predicted octanol–water partition coefficient (Wildman–Crippen LogP) is -0.432. The van der Waals surface area contributed by atoms with Crippen molar-refractivity contribution >= 4 is 22.4 Å². The molecule has 0 aliphatic rings. The number of hydrogen-bond donors (Lipinski definition) is 2. The molecule has 5 nitrogen and oxygen atoms in total. The van der Waals surface area contributed by atoms with Crippen molar-refractivity contribution < 1.29 is 23.2 Å². The van der Waals surface area contributed by atoms with Crippen LogP contribution in [0.5, 0.6) is 5.75 Å². The quantitative estimate of drug-likeness (QED) is 0.686. The molecule has 1 aromatic carbocycles. The molecule has 1 rings (SSSR count). The normalized spacial score (nSPS) is 11.6. The van der Waals surface area contributed by atoms with Crippen molar-refractivity contribution in [2.45, 2.75) is 19.1 Å². The van der Waals surface area contributed by atoms with E-state index in [2.05, 4.69) is 0 Å². The summed E-state index contributed by atoms with van der Waals surface area (Å²) in [5.41, 5.74) is 0.305. The van der Waals surface area contributed by atoms with E-state index in [0.717, 1.165) is 0 Å². The molecule has 0 aliphatic carbocycles. The van der Waals surface area contributed by atoms with Crippen molar-refractivity contribution in [3.05, 3.63) is 24.3 Å². The van der Waals surface area contributed by atoms with Crippen LogP contribution in [0, 0.1) is 0 Å². The maximum Gasteiger partial charge on any atom is 0.488 e. The summed E-state index contributed by atoms with van der Waals surface area (Å²) in [5.74, 6) is 0.357. The van der Waals surface area contributed by atoms with Crippen LogP contribution in [0.1, 0.15) is 13.8 Å². The van der Waals surface area contributed by atoms with Crippen molar-refractivity contribution in [1.29, 1.82) is 0 Å². The molecule has 0 saturated carbocycles. The van der Waals surface area contributed by atoms with Crippen LogP contribution < -0.4 is 10.2 Å². The van der Waals surface area contributed by atoms with E-state index in [4.69, 9.17) is 14.8 Å². The van der Waals surface area contributed by atoms with Crippen molar-refractivity contribution in [3.63, 3.8) is 0 Å². The van der Waals surface area contributed by atoms with Gasteiger partial charge in [0.05, 0.1) is 11.0 Å². The van der Waals surface area contributed by atoms with Gasteiger partial charge in [-0.1, -0.05) is 12.1 Å². The first kappa shape index (κ1) is 15.0. The zero-order valence-electron chi connectivity index (χ0n) is 10.4. The van der Waals surface area contributed by atoms with E-state index in [-0.39, 0.29) is 12.4 Å². The summed E-state index contributed by atoms with van der Waals surface area (Å²) in [5, 5.41) is 17.5. The maximum atomic E-state index is 11.5. The smallest absolute Gasteiger partial charge is 0.488 e. The summed E-state index contributed by atoms with van der Waals surface area (Å²) >= 11 is 0. The molecule has 0 unspecified atom stereocenters. The molecule has 0 spiro atoms. The molecule has 18 heavy (non-hydrogen) atoms. The lowest BCUT2D eigenvalue weighted by molar-refractivity contribution is 0.340. The van der Waals surface area contributed by atoms with Crippen LogP contribution in [0.25, 0.3) is 0 Å². The third kappa shape index (κ3) is 4.32. The van der Waals surface area contributed by atoms with Gasteiger partial charge in [-0.3, -0.25) is 0 Å².